The molecular weight excluding hydrogens is 350 g/mol. The molecule has 0 unspecified atom stereocenters. The van der Waals surface area contributed by atoms with Gasteiger partial charge in [-0.1, -0.05) is 42.5 Å². The number of benzene rings is 3. The lowest BCUT2D eigenvalue weighted by atomic mass is 9.75. The second kappa shape index (κ2) is 6.79. The number of likely N-dealkylation sites (N-methyl/N-ethyl adjacent to an activating group) is 1. The zero-order valence-electron chi connectivity index (χ0n) is 15.8. The molecule has 0 fully saturated rings. The first-order valence-corrected chi connectivity index (χ1v) is 9.69. The van der Waals surface area contributed by atoms with Gasteiger partial charge in [0.25, 0.3) is 0 Å². The lowest BCUT2D eigenvalue weighted by molar-refractivity contribution is 0.247. The van der Waals surface area contributed by atoms with Gasteiger partial charge in [0.1, 0.15) is 23.9 Å². The van der Waals surface area contributed by atoms with Crippen LogP contribution in [0.3, 0.4) is 0 Å². The van der Waals surface area contributed by atoms with Crippen LogP contribution in [0.1, 0.15) is 28.5 Å². The summed E-state index contributed by atoms with van der Waals surface area (Å²) < 4.78 is 11.9. The van der Waals surface area contributed by atoms with Gasteiger partial charge in [0, 0.05) is 30.5 Å². The number of phenolic OH excluding ortho intramolecular Hbond substituents is 1. The van der Waals surface area contributed by atoms with Crippen molar-refractivity contribution in [3.8, 4) is 17.2 Å². The van der Waals surface area contributed by atoms with E-state index in [1.807, 2.05) is 12.1 Å². The van der Waals surface area contributed by atoms with Crippen molar-refractivity contribution < 1.29 is 14.6 Å². The molecule has 0 aliphatic carbocycles. The molecule has 3 aromatic rings. The van der Waals surface area contributed by atoms with Gasteiger partial charge in [-0.05, 0) is 29.3 Å². The van der Waals surface area contributed by atoms with E-state index in [0.29, 0.717) is 6.61 Å². The van der Waals surface area contributed by atoms with Crippen LogP contribution in [0.4, 0.5) is 5.69 Å². The molecule has 1 N–H and O–H groups in total. The molecule has 0 aromatic heterocycles. The summed E-state index contributed by atoms with van der Waals surface area (Å²) in [6.07, 6.45) is 0. The Hall–Kier alpha value is -3.14. The van der Waals surface area contributed by atoms with Crippen molar-refractivity contribution in [2.75, 3.05) is 31.7 Å². The van der Waals surface area contributed by atoms with E-state index in [0.717, 1.165) is 35.9 Å². The Labute approximate surface area is 165 Å². The Kier molecular flexibility index (Phi) is 4.12. The van der Waals surface area contributed by atoms with Crippen LogP contribution in [-0.4, -0.2) is 31.9 Å². The van der Waals surface area contributed by atoms with Gasteiger partial charge >= 0.3 is 0 Å². The zero-order chi connectivity index (χ0) is 19.1. The van der Waals surface area contributed by atoms with Gasteiger partial charge in [0.15, 0.2) is 0 Å². The van der Waals surface area contributed by atoms with Crippen LogP contribution in [0.2, 0.25) is 0 Å². The lowest BCUT2D eigenvalue weighted by Crippen LogP contribution is -2.29. The van der Waals surface area contributed by atoms with Crippen molar-refractivity contribution in [3.63, 3.8) is 0 Å². The van der Waals surface area contributed by atoms with Crippen molar-refractivity contribution >= 4 is 5.69 Å². The lowest BCUT2D eigenvalue weighted by Gasteiger charge is -2.36. The summed E-state index contributed by atoms with van der Waals surface area (Å²) >= 11 is 0. The second-order valence-electron chi connectivity index (χ2n) is 7.53. The SMILES string of the molecule is CN1CCOc2ccc([C@@H]3c4ccc(O)cc4OC[C@H]3c3ccccc3)cc21. The standard InChI is InChI=1S/C24H23NO3/c1-25-11-12-27-22-10-7-17(13-21(22)25)24-19-9-8-18(26)14-23(19)28-15-20(24)16-5-3-2-4-6-16/h2-10,13-14,20,24,26H,11-12,15H2,1H3/t20-,24+/m0/s1. The minimum Gasteiger partial charge on any atom is -0.508 e. The number of hydrogen-bond donors (Lipinski definition) is 1. The van der Waals surface area contributed by atoms with Gasteiger partial charge < -0.3 is 19.5 Å². The number of anilines is 1. The summed E-state index contributed by atoms with van der Waals surface area (Å²) in [4.78, 5) is 2.25. The van der Waals surface area contributed by atoms with Crippen molar-refractivity contribution in [3.05, 3.63) is 83.4 Å². The molecule has 2 heterocycles. The number of rotatable bonds is 2. The highest BCUT2D eigenvalue weighted by Gasteiger charge is 2.34. The quantitative estimate of drug-likeness (QED) is 0.717. The predicted octanol–water partition coefficient (Wildman–Crippen LogP) is 4.53. The third-order valence-corrected chi connectivity index (χ3v) is 5.82. The van der Waals surface area contributed by atoms with E-state index in [4.69, 9.17) is 9.47 Å². The molecule has 0 spiro atoms. The second-order valence-corrected chi connectivity index (χ2v) is 7.53. The Morgan fingerprint density at radius 2 is 1.75 bits per heavy atom. The van der Waals surface area contributed by atoms with E-state index >= 15 is 0 Å². The number of phenols is 1. The molecule has 3 aromatic carbocycles. The summed E-state index contributed by atoms with van der Waals surface area (Å²) in [6.45, 7) is 2.18. The fraction of sp³-hybridized carbons (Fsp3) is 0.250. The monoisotopic (exact) mass is 373 g/mol. The van der Waals surface area contributed by atoms with Crippen molar-refractivity contribution in [1.29, 1.82) is 0 Å². The van der Waals surface area contributed by atoms with E-state index in [-0.39, 0.29) is 17.6 Å². The molecule has 2 aliphatic heterocycles. The molecule has 0 saturated carbocycles. The fourth-order valence-electron chi connectivity index (χ4n) is 4.36. The highest BCUT2D eigenvalue weighted by Crippen LogP contribution is 2.48. The zero-order valence-corrected chi connectivity index (χ0v) is 15.8. The molecule has 0 amide bonds. The number of fused-ring (bicyclic) bond motifs is 2. The minimum atomic E-state index is 0.146. The normalized spacial score (nSPS) is 20.5. The maximum atomic E-state index is 9.92. The summed E-state index contributed by atoms with van der Waals surface area (Å²) in [7, 11) is 2.11. The summed E-state index contributed by atoms with van der Waals surface area (Å²) in [5, 5.41) is 9.92. The average molecular weight is 373 g/mol. The highest BCUT2D eigenvalue weighted by atomic mass is 16.5. The molecule has 4 nitrogen and oxygen atoms in total. The Morgan fingerprint density at radius 3 is 2.61 bits per heavy atom. The van der Waals surface area contributed by atoms with Crippen molar-refractivity contribution in [2.24, 2.45) is 0 Å². The van der Waals surface area contributed by atoms with Gasteiger partial charge in [0.05, 0.1) is 18.8 Å². The van der Waals surface area contributed by atoms with Crippen molar-refractivity contribution in [2.45, 2.75) is 11.8 Å². The molecular formula is C24H23NO3. The predicted molar refractivity (Wildman–Crippen MR) is 110 cm³/mol. The molecule has 0 bridgehead atoms. The topological polar surface area (TPSA) is 41.9 Å². The van der Waals surface area contributed by atoms with Crippen LogP contribution >= 0.6 is 0 Å². The van der Waals surface area contributed by atoms with E-state index in [1.54, 1.807) is 12.1 Å². The van der Waals surface area contributed by atoms with Crippen LogP contribution in [0.15, 0.2) is 66.7 Å². The molecule has 142 valence electrons. The Bertz CT molecular complexity index is 1000. The van der Waals surface area contributed by atoms with Crippen molar-refractivity contribution in [1.82, 2.24) is 0 Å². The van der Waals surface area contributed by atoms with Gasteiger partial charge in [-0.3, -0.25) is 0 Å². The van der Waals surface area contributed by atoms with Crippen LogP contribution < -0.4 is 14.4 Å². The summed E-state index contributed by atoms with van der Waals surface area (Å²) in [5.74, 6) is 2.28. The maximum Gasteiger partial charge on any atom is 0.142 e. The van der Waals surface area contributed by atoms with Crippen LogP contribution in [0.25, 0.3) is 0 Å². The van der Waals surface area contributed by atoms with E-state index in [1.165, 1.54) is 11.1 Å². The smallest absolute Gasteiger partial charge is 0.142 e. The maximum absolute atomic E-state index is 9.92. The first-order valence-electron chi connectivity index (χ1n) is 9.69. The molecule has 4 heteroatoms. The molecule has 2 aliphatic rings. The van der Waals surface area contributed by atoms with Gasteiger partial charge in [0.2, 0.25) is 0 Å². The first-order chi connectivity index (χ1) is 13.7. The number of nitrogens with zero attached hydrogens (tertiary/aromatic N) is 1. The first kappa shape index (κ1) is 17.0. The number of hydrogen-bond acceptors (Lipinski definition) is 4. The van der Waals surface area contributed by atoms with Gasteiger partial charge in [-0.25, -0.2) is 0 Å². The molecule has 0 radical (unpaired) electrons. The van der Waals surface area contributed by atoms with Gasteiger partial charge in [-0.2, -0.15) is 0 Å². The van der Waals surface area contributed by atoms with Crippen LogP contribution in [0.5, 0.6) is 17.2 Å². The van der Waals surface area contributed by atoms with E-state index in [9.17, 15) is 5.11 Å². The third-order valence-electron chi connectivity index (χ3n) is 5.82. The van der Waals surface area contributed by atoms with Crippen LogP contribution in [-0.2, 0) is 0 Å². The van der Waals surface area contributed by atoms with E-state index in [2.05, 4.69) is 54.4 Å². The third kappa shape index (κ3) is 2.85. The Morgan fingerprint density at radius 1 is 0.893 bits per heavy atom. The molecule has 2 atom stereocenters. The van der Waals surface area contributed by atoms with Gasteiger partial charge in [-0.15, -0.1) is 0 Å². The Balaban J connectivity index is 1.66. The van der Waals surface area contributed by atoms with Crippen LogP contribution in [0, 0.1) is 0 Å². The van der Waals surface area contributed by atoms with E-state index < -0.39 is 0 Å². The molecule has 0 saturated heterocycles. The summed E-state index contributed by atoms with van der Waals surface area (Å²) in [6, 6.07) is 22.5. The molecule has 5 rings (SSSR count). The largest absolute Gasteiger partial charge is 0.508 e. The summed E-state index contributed by atoms with van der Waals surface area (Å²) in [5.41, 5.74) is 4.73. The minimum absolute atomic E-state index is 0.146. The number of ether oxygens (including phenoxy) is 2. The fourth-order valence-corrected chi connectivity index (χ4v) is 4.36. The average Bonchev–Trinajstić information content (AvgIpc) is 2.73. The molecule has 28 heavy (non-hydrogen) atoms. The number of aromatic hydroxyl groups is 1. The highest BCUT2D eigenvalue weighted by molar-refractivity contribution is 5.63.